The van der Waals surface area contributed by atoms with Gasteiger partial charge in [-0.3, -0.25) is 14.0 Å². The van der Waals surface area contributed by atoms with Gasteiger partial charge in [-0.15, -0.1) is 0 Å². The van der Waals surface area contributed by atoms with Gasteiger partial charge < -0.3 is 5.32 Å². The average Bonchev–Trinajstić information content (AvgIpc) is 3.23. The van der Waals surface area contributed by atoms with Gasteiger partial charge >= 0.3 is 0 Å². The fourth-order valence-corrected chi connectivity index (χ4v) is 4.87. The minimum Gasteiger partial charge on any atom is -0.352 e. The molecule has 0 bridgehead atoms. The number of hydrogen-bond acceptors (Lipinski definition) is 4. The van der Waals surface area contributed by atoms with Crippen molar-refractivity contribution in [3.8, 4) is 0 Å². The highest BCUT2D eigenvalue weighted by molar-refractivity contribution is 7.92. The summed E-state index contributed by atoms with van der Waals surface area (Å²) in [6.45, 7) is 6.01. The summed E-state index contributed by atoms with van der Waals surface area (Å²) in [4.78, 5) is 14.8. The van der Waals surface area contributed by atoms with Gasteiger partial charge in [0.2, 0.25) is 15.9 Å². The third-order valence-electron chi connectivity index (χ3n) is 5.57. The summed E-state index contributed by atoms with van der Waals surface area (Å²) >= 11 is 0. The first-order valence-electron chi connectivity index (χ1n) is 10.9. The molecule has 0 atom stereocenters. The topological polar surface area (TPSA) is 69.7 Å². The second-order valence-electron chi connectivity index (χ2n) is 8.35. The van der Waals surface area contributed by atoms with Gasteiger partial charge in [0, 0.05) is 26.1 Å². The number of nitrogens with one attached hydrogen (secondary N) is 1. The van der Waals surface area contributed by atoms with Crippen molar-refractivity contribution in [1.82, 2.24) is 10.2 Å². The van der Waals surface area contributed by atoms with Crippen LogP contribution in [0.15, 0.2) is 48.5 Å². The molecule has 1 N–H and O–H groups in total. The molecule has 0 saturated carbocycles. The van der Waals surface area contributed by atoms with Gasteiger partial charge in [-0.2, -0.15) is 0 Å². The predicted molar refractivity (Wildman–Crippen MR) is 125 cm³/mol. The molecule has 1 saturated heterocycles. The Kier molecular flexibility index (Phi) is 8.09. The maximum atomic E-state index is 12.3. The number of anilines is 1. The van der Waals surface area contributed by atoms with E-state index in [4.69, 9.17) is 0 Å². The Bertz CT molecular complexity index is 968. The van der Waals surface area contributed by atoms with Crippen molar-refractivity contribution in [3.05, 3.63) is 65.2 Å². The Hall–Kier alpha value is -2.38. The number of benzene rings is 2. The van der Waals surface area contributed by atoms with Crippen LogP contribution in [0.3, 0.4) is 0 Å². The van der Waals surface area contributed by atoms with E-state index in [1.165, 1.54) is 29.0 Å². The van der Waals surface area contributed by atoms with E-state index < -0.39 is 10.0 Å². The lowest BCUT2D eigenvalue weighted by Gasteiger charge is -2.22. The largest absolute Gasteiger partial charge is 0.352 e. The van der Waals surface area contributed by atoms with E-state index in [-0.39, 0.29) is 18.9 Å². The van der Waals surface area contributed by atoms with Gasteiger partial charge in [0.05, 0.1) is 11.9 Å². The summed E-state index contributed by atoms with van der Waals surface area (Å²) < 4.78 is 25.7. The van der Waals surface area contributed by atoms with Crippen LogP contribution >= 0.6 is 0 Å². The van der Waals surface area contributed by atoms with Crippen LogP contribution in [-0.2, 0) is 27.9 Å². The van der Waals surface area contributed by atoms with Crippen molar-refractivity contribution < 1.29 is 13.2 Å². The summed E-state index contributed by atoms with van der Waals surface area (Å²) in [6, 6.07) is 15.7. The number of sulfonamides is 1. The summed E-state index contributed by atoms with van der Waals surface area (Å²) in [5, 5.41) is 2.96. The standard InChI is InChI=1S/C24H33N3O3S/c1-20-10-12-23(13-11-20)27(31(2,29)30)16-6-9-24(28)25-18-21-7-5-8-22(17-21)19-26-14-3-4-15-26/h5,7-8,10-13,17H,3-4,6,9,14-16,18-19H2,1-2H3,(H,25,28). The minimum atomic E-state index is -3.40. The summed E-state index contributed by atoms with van der Waals surface area (Å²) in [7, 11) is -3.40. The molecule has 3 rings (SSSR count). The Morgan fingerprint density at radius 3 is 2.42 bits per heavy atom. The normalized spacial score (nSPS) is 14.5. The van der Waals surface area contributed by atoms with Crippen molar-refractivity contribution >= 4 is 21.6 Å². The maximum Gasteiger partial charge on any atom is 0.232 e. The molecule has 1 amide bonds. The van der Waals surface area contributed by atoms with Gasteiger partial charge in [-0.1, -0.05) is 42.0 Å². The number of rotatable bonds is 10. The van der Waals surface area contributed by atoms with Crippen molar-refractivity contribution in [2.75, 3.05) is 30.2 Å². The zero-order chi connectivity index (χ0) is 22.3. The lowest BCUT2D eigenvalue weighted by Crippen LogP contribution is -2.32. The van der Waals surface area contributed by atoms with Gasteiger partial charge in [-0.25, -0.2) is 8.42 Å². The SMILES string of the molecule is Cc1ccc(N(CCCC(=O)NCc2cccc(CN3CCCC3)c2)S(C)(=O)=O)cc1. The molecule has 1 aliphatic rings. The molecule has 31 heavy (non-hydrogen) atoms. The highest BCUT2D eigenvalue weighted by Gasteiger charge is 2.17. The van der Waals surface area contributed by atoms with E-state index in [2.05, 4.69) is 22.3 Å². The lowest BCUT2D eigenvalue weighted by molar-refractivity contribution is -0.121. The monoisotopic (exact) mass is 443 g/mol. The first-order valence-corrected chi connectivity index (χ1v) is 12.8. The maximum absolute atomic E-state index is 12.3. The predicted octanol–water partition coefficient (Wildman–Crippen LogP) is 3.45. The van der Waals surface area contributed by atoms with Gasteiger partial charge in [0.25, 0.3) is 0 Å². The molecule has 0 aromatic heterocycles. The van der Waals surface area contributed by atoms with E-state index in [9.17, 15) is 13.2 Å². The Balaban J connectivity index is 1.46. The summed E-state index contributed by atoms with van der Waals surface area (Å²) in [6.07, 6.45) is 4.49. The molecule has 6 nitrogen and oxygen atoms in total. The fraction of sp³-hybridized carbons (Fsp3) is 0.458. The molecule has 1 heterocycles. The zero-order valence-electron chi connectivity index (χ0n) is 18.5. The fourth-order valence-electron chi connectivity index (χ4n) is 3.91. The lowest BCUT2D eigenvalue weighted by atomic mass is 10.1. The number of amides is 1. The molecule has 2 aromatic rings. The van der Waals surface area contributed by atoms with Crippen molar-refractivity contribution in [2.45, 2.75) is 45.7 Å². The van der Waals surface area contributed by atoms with Crippen molar-refractivity contribution in [3.63, 3.8) is 0 Å². The van der Waals surface area contributed by atoms with Crippen LogP contribution in [0, 0.1) is 6.92 Å². The van der Waals surface area contributed by atoms with Gasteiger partial charge in [0.15, 0.2) is 0 Å². The number of nitrogens with zero attached hydrogens (tertiary/aromatic N) is 2. The second-order valence-corrected chi connectivity index (χ2v) is 10.3. The molecular weight excluding hydrogens is 410 g/mol. The highest BCUT2D eigenvalue weighted by atomic mass is 32.2. The summed E-state index contributed by atoms with van der Waals surface area (Å²) in [5.74, 6) is -0.0673. The molecule has 0 radical (unpaired) electrons. The third kappa shape index (κ3) is 7.36. The molecule has 0 unspecified atom stereocenters. The molecule has 7 heteroatoms. The number of carbonyl (C=O) groups is 1. The molecular formula is C24H33N3O3S. The third-order valence-corrected chi connectivity index (χ3v) is 6.77. The minimum absolute atomic E-state index is 0.0673. The van der Waals surface area contributed by atoms with Gasteiger partial charge in [0.1, 0.15) is 0 Å². The Labute approximate surface area is 186 Å². The smallest absolute Gasteiger partial charge is 0.232 e. The molecule has 2 aromatic carbocycles. The van der Waals surface area contributed by atoms with E-state index in [0.717, 1.165) is 30.8 Å². The summed E-state index contributed by atoms with van der Waals surface area (Å²) in [5.41, 5.74) is 4.06. The van der Waals surface area contributed by atoms with Crippen LogP contribution in [0.2, 0.25) is 0 Å². The van der Waals surface area contributed by atoms with Crippen LogP contribution in [-0.4, -0.2) is 45.1 Å². The van der Waals surface area contributed by atoms with Crippen molar-refractivity contribution in [2.24, 2.45) is 0 Å². The molecule has 0 aliphatic carbocycles. The Morgan fingerprint density at radius 1 is 1.06 bits per heavy atom. The number of aryl methyl sites for hydroxylation is 1. The van der Waals surface area contributed by atoms with Crippen LogP contribution < -0.4 is 9.62 Å². The number of carbonyl (C=O) groups excluding carboxylic acids is 1. The van der Waals surface area contributed by atoms with Gasteiger partial charge in [-0.05, 0) is 62.5 Å². The van der Waals surface area contributed by atoms with E-state index in [1.54, 1.807) is 12.1 Å². The highest BCUT2D eigenvalue weighted by Crippen LogP contribution is 2.19. The Morgan fingerprint density at radius 2 is 1.74 bits per heavy atom. The molecule has 1 aliphatic heterocycles. The van der Waals surface area contributed by atoms with E-state index in [1.807, 2.05) is 31.2 Å². The number of hydrogen-bond donors (Lipinski definition) is 1. The first kappa shape index (κ1) is 23.3. The van der Waals surface area contributed by atoms with Crippen LogP contribution in [0.4, 0.5) is 5.69 Å². The van der Waals surface area contributed by atoms with Crippen LogP contribution in [0.25, 0.3) is 0 Å². The quantitative estimate of drug-likeness (QED) is 0.611. The van der Waals surface area contributed by atoms with E-state index >= 15 is 0 Å². The second kappa shape index (κ2) is 10.8. The van der Waals surface area contributed by atoms with Crippen LogP contribution in [0.1, 0.15) is 42.4 Å². The zero-order valence-corrected chi connectivity index (χ0v) is 19.3. The molecule has 1 fully saturated rings. The average molecular weight is 444 g/mol. The molecule has 168 valence electrons. The number of likely N-dealkylation sites (tertiary alicyclic amines) is 1. The first-order chi connectivity index (χ1) is 14.8. The van der Waals surface area contributed by atoms with Crippen molar-refractivity contribution in [1.29, 1.82) is 0 Å². The van der Waals surface area contributed by atoms with E-state index in [0.29, 0.717) is 18.7 Å². The molecule has 0 spiro atoms. The van der Waals surface area contributed by atoms with Crippen LogP contribution in [0.5, 0.6) is 0 Å².